The molecule has 0 aromatic heterocycles. The van der Waals surface area contributed by atoms with Crippen molar-refractivity contribution in [1.29, 1.82) is 0 Å². The molecule has 0 aromatic carbocycles. The van der Waals surface area contributed by atoms with E-state index in [9.17, 15) is 19.5 Å². The zero-order valence-corrected chi connectivity index (χ0v) is 22.5. The summed E-state index contributed by atoms with van der Waals surface area (Å²) in [6, 6.07) is 0. The van der Waals surface area contributed by atoms with Crippen LogP contribution in [0.15, 0.2) is 0 Å². The Morgan fingerprint density at radius 2 is 1.63 bits per heavy atom. The molecule has 4 aliphatic rings. The van der Waals surface area contributed by atoms with E-state index in [0.717, 1.165) is 38.5 Å². The minimum Gasteiger partial charge on any atom is -0.468 e. The number of carbonyl (C=O) groups is 3. The van der Waals surface area contributed by atoms with E-state index < -0.39 is 17.9 Å². The minimum atomic E-state index is -0.886. The zero-order chi connectivity index (χ0) is 25.7. The van der Waals surface area contributed by atoms with Crippen molar-refractivity contribution in [2.75, 3.05) is 14.2 Å². The molecule has 10 atom stereocenters. The summed E-state index contributed by atoms with van der Waals surface area (Å²) in [6.45, 7) is 9.17. The molecule has 4 fully saturated rings. The summed E-state index contributed by atoms with van der Waals surface area (Å²) in [4.78, 5) is 37.1. The lowest BCUT2D eigenvalue weighted by atomic mass is 9.41. The van der Waals surface area contributed by atoms with Gasteiger partial charge in [-0.05, 0) is 90.8 Å². The van der Waals surface area contributed by atoms with Crippen LogP contribution in [0.3, 0.4) is 0 Å². The molecule has 4 saturated carbocycles. The van der Waals surface area contributed by atoms with Gasteiger partial charge >= 0.3 is 11.9 Å². The number of aliphatic hydroxyl groups excluding tert-OH is 1. The van der Waals surface area contributed by atoms with Crippen LogP contribution in [0.25, 0.3) is 0 Å². The molecule has 0 bridgehead atoms. The van der Waals surface area contributed by atoms with Crippen molar-refractivity contribution in [2.45, 2.75) is 91.6 Å². The molecule has 0 heterocycles. The van der Waals surface area contributed by atoms with Crippen LogP contribution in [0, 0.1) is 58.2 Å². The second-order valence-corrected chi connectivity index (χ2v) is 12.7. The Morgan fingerprint density at radius 3 is 2.23 bits per heavy atom. The highest BCUT2D eigenvalue weighted by atomic mass is 16.5. The van der Waals surface area contributed by atoms with Gasteiger partial charge in [0.1, 0.15) is 5.78 Å². The smallest absolute Gasteiger partial charge is 0.320 e. The Balaban J connectivity index is 1.60. The van der Waals surface area contributed by atoms with E-state index in [2.05, 4.69) is 27.7 Å². The molecule has 1 N–H and O–H groups in total. The molecular formula is C29H46O6. The maximum Gasteiger partial charge on any atom is 0.320 e. The number of hydrogen-bond acceptors (Lipinski definition) is 6. The van der Waals surface area contributed by atoms with Crippen molar-refractivity contribution in [3.05, 3.63) is 0 Å². The number of esters is 2. The highest BCUT2D eigenvalue weighted by molar-refractivity contribution is 5.94. The Bertz CT molecular complexity index is 823. The van der Waals surface area contributed by atoms with Gasteiger partial charge in [0.25, 0.3) is 0 Å². The van der Waals surface area contributed by atoms with Gasteiger partial charge in [-0.15, -0.1) is 0 Å². The van der Waals surface area contributed by atoms with Crippen LogP contribution in [-0.2, 0) is 23.9 Å². The monoisotopic (exact) mass is 490 g/mol. The summed E-state index contributed by atoms with van der Waals surface area (Å²) < 4.78 is 9.82. The van der Waals surface area contributed by atoms with Gasteiger partial charge in [0, 0.05) is 12.8 Å². The maximum atomic E-state index is 12.4. The molecule has 0 spiro atoms. The third-order valence-corrected chi connectivity index (χ3v) is 11.6. The number of aliphatic hydroxyl groups is 1. The SMILES string of the molecule is CC[C@@H]1[C@@H](O)C2C3CCC([C@H](C)CC(C(=O)OC)C(=O)OC)[C@@]3(C)CCC2[C@@]2(C)CCC(=O)C[C@@H]12. The van der Waals surface area contributed by atoms with E-state index in [1.54, 1.807) is 0 Å². The fourth-order valence-electron chi connectivity index (χ4n) is 9.85. The van der Waals surface area contributed by atoms with Gasteiger partial charge in [0.05, 0.1) is 20.3 Å². The second-order valence-electron chi connectivity index (χ2n) is 12.7. The fraction of sp³-hybridized carbons (Fsp3) is 0.897. The molecule has 0 amide bonds. The number of hydrogen-bond donors (Lipinski definition) is 1. The van der Waals surface area contributed by atoms with Crippen LogP contribution >= 0.6 is 0 Å². The molecule has 0 saturated heterocycles. The molecule has 6 heteroatoms. The van der Waals surface area contributed by atoms with Gasteiger partial charge in [-0.2, -0.15) is 0 Å². The lowest BCUT2D eigenvalue weighted by Gasteiger charge is -2.64. The molecule has 4 unspecified atom stereocenters. The summed E-state index contributed by atoms with van der Waals surface area (Å²) in [5, 5.41) is 11.8. The minimum absolute atomic E-state index is 0.0737. The normalized spacial score (nSPS) is 43.7. The lowest BCUT2D eigenvalue weighted by molar-refractivity contribution is -0.194. The van der Waals surface area contributed by atoms with Crippen molar-refractivity contribution in [2.24, 2.45) is 58.2 Å². The van der Waals surface area contributed by atoms with Crippen LogP contribution in [0.2, 0.25) is 0 Å². The lowest BCUT2D eigenvalue weighted by Crippen LogP contribution is -2.62. The first-order valence-corrected chi connectivity index (χ1v) is 13.9. The van der Waals surface area contributed by atoms with Crippen LogP contribution in [0.5, 0.6) is 0 Å². The highest BCUT2D eigenvalue weighted by Gasteiger charge is 2.65. The second kappa shape index (κ2) is 9.79. The summed E-state index contributed by atoms with van der Waals surface area (Å²) >= 11 is 0. The Kier molecular flexibility index (Phi) is 7.45. The largest absolute Gasteiger partial charge is 0.468 e. The molecule has 4 aliphatic carbocycles. The van der Waals surface area contributed by atoms with Crippen molar-refractivity contribution >= 4 is 17.7 Å². The van der Waals surface area contributed by atoms with E-state index in [1.165, 1.54) is 14.2 Å². The molecule has 6 nitrogen and oxygen atoms in total. The van der Waals surface area contributed by atoms with Gasteiger partial charge in [-0.1, -0.05) is 34.1 Å². The molecule has 35 heavy (non-hydrogen) atoms. The molecule has 0 aliphatic heterocycles. The predicted octanol–water partition coefficient (Wildman–Crippen LogP) is 4.81. The number of methoxy groups -OCH3 is 2. The summed E-state index contributed by atoms with van der Waals surface area (Å²) in [6.07, 6.45) is 7.62. The predicted molar refractivity (Wildman–Crippen MR) is 132 cm³/mol. The summed E-state index contributed by atoms with van der Waals surface area (Å²) in [5.74, 6) is 0.644. The van der Waals surface area contributed by atoms with E-state index in [0.29, 0.717) is 48.7 Å². The first-order chi connectivity index (χ1) is 16.5. The molecule has 0 aromatic rings. The first kappa shape index (κ1) is 26.6. The van der Waals surface area contributed by atoms with Gasteiger partial charge in [-0.3, -0.25) is 14.4 Å². The quantitative estimate of drug-likeness (QED) is 0.424. The fourth-order valence-corrected chi connectivity index (χ4v) is 9.85. The molecule has 4 rings (SSSR count). The maximum absolute atomic E-state index is 12.4. The number of rotatable bonds is 6. The van der Waals surface area contributed by atoms with Gasteiger partial charge < -0.3 is 14.6 Å². The summed E-state index contributed by atoms with van der Waals surface area (Å²) in [5.41, 5.74) is 0.203. The molecular weight excluding hydrogens is 444 g/mol. The van der Waals surface area contributed by atoms with Crippen molar-refractivity contribution in [3.63, 3.8) is 0 Å². The van der Waals surface area contributed by atoms with E-state index >= 15 is 0 Å². The number of Topliss-reactive ketones (excluding diaryl/α,β-unsaturated/α-hetero) is 1. The van der Waals surface area contributed by atoms with Gasteiger partial charge in [0.2, 0.25) is 0 Å². The number of ketones is 1. The van der Waals surface area contributed by atoms with E-state index in [1.807, 2.05) is 0 Å². The highest BCUT2D eigenvalue weighted by Crippen LogP contribution is 2.69. The Hall–Kier alpha value is -1.43. The average Bonchev–Trinajstić information content (AvgIpc) is 3.20. The molecule has 198 valence electrons. The zero-order valence-electron chi connectivity index (χ0n) is 22.5. The number of ether oxygens (including phenoxy) is 2. The van der Waals surface area contributed by atoms with Crippen LogP contribution in [0.4, 0.5) is 0 Å². The van der Waals surface area contributed by atoms with Crippen molar-refractivity contribution in [1.82, 2.24) is 0 Å². The standard InChI is InChI=1S/C29H46O6/c1-7-18-23-15-17(30)10-12-29(23,4)22-11-13-28(3)20(8-9-21(28)24(22)25(18)31)16(2)14-19(26(32)34-5)27(33)35-6/h16,18-25,31H,7-15H2,1-6H3/t16-,18+,20?,21?,22?,23+,24?,25-,28-,29-/m1/s1. The number of carbonyl (C=O) groups excluding carboxylic acids is 3. The van der Waals surface area contributed by atoms with Crippen LogP contribution in [0.1, 0.15) is 85.5 Å². The van der Waals surface area contributed by atoms with Gasteiger partial charge in [0.15, 0.2) is 5.92 Å². The Labute approximate surface area is 210 Å². The molecule has 0 radical (unpaired) electrons. The average molecular weight is 491 g/mol. The van der Waals surface area contributed by atoms with Gasteiger partial charge in [-0.25, -0.2) is 0 Å². The van der Waals surface area contributed by atoms with E-state index in [4.69, 9.17) is 9.47 Å². The summed E-state index contributed by atoms with van der Waals surface area (Å²) in [7, 11) is 2.64. The van der Waals surface area contributed by atoms with Crippen molar-refractivity contribution in [3.8, 4) is 0 Å². The number of fused-ring (bicyclic) bond motifs is 5. The van der Waals surface area contributed by atoms with Crippen LogP contribution in [-0.4, -0.2) is 43.2 Å². The third kappa shape index (κ3) is 4.16. The topological polar surface area (TPSA) is 89.9 Å². The van der Waals surface area contributed by atoms with Crippen LogP contribution < -0.4 is 0 Å². The first-order valence-electron chi connectivity index (χ1n) is 13.9. The Morgan fingerprint density at radius 1 is 1.00 bits per heavy atom. The van der Waals surface area contributed by atoms with E-state index in [-0.39, 0.29) is 34.7 Å². The third-order valence-electron chi connectivity index (χ3n) is 11.6. The van der Waals surface area contributed by atoms with Crippen molar-refractivity contribution < 1.29 is 29.0 Å².